The number of pyridine rings is 1. The van der Waals surface area contributed by atoms with Crippen molar-refractivity contribution < 1.29 is 13.5 Å². The monoisotopic (exact) mass is 314 g/mol. The van der Waals surface area contributed by atoms with E-state index in [4.69, 9.17) is 11.6 Å². The molecule has 0 saturated heterocycles. The first-order valence-corrected chi connectivity index (χ1v) is 7.91. The predicted molar refractivity (Wildman–Crippen MR) is 78.4 cm³/mol. The number of fused-ring (bicyclic) bond motifs is 1. The maximum Gasteiger partial charge on any atom is 0.242 e. The van der Waals surface area contributed by atoms with E-state index in [1.165, 1.54) is 13.0 Å². The van der Waals surface area contributed by atoms with Crippen LogP contribution in [-0.4, -0.2) is 31.2 Å². The fourth-order valence-electron chi connectivity index (χ4n) is 1.83. The molecule has 108 valence electrons. The van der Waals surface area contributed by atoms with Crippen molar-refractivity contribution in [3.8, 4) is 0 Å². The number of sulfonamides is 1. The van der Waals surface area contributed by atoms with Crippen LogP contribution in [0.5, 0.6) is 0 Å². The number of benzene rings is 1. The maximum absolute atomic E-state index is 12.3. The van der Waals surface area contributed by atoms with E-state index in [9.17, 15) is 13.5 Å². The number of halogens is 1. The molecule has 7 heteroatoms. The van der Waals surface area contributed by atoms with Gasteiger partial charge < -0.3 is 5.11 Å². The van der Waals surface area contributed by atoms with Crippen LogP contribution in [0.2, 0.25) is 5.02 Å². The second-order valence-electron chi connectivity index (χ2n) is 4.60. The molecule has 0 amide bonds. The van der Waals surface area contributed by atoms with Gasteiger partial charge in [0.15, 0.2) is 0 Å². The van der Waals surface area contributed by atoms with Gasteiger partial charge in [0.05, 0.1) is 16.6 Å². The van der Waals surface area contributed by atoms with E-state index in [1.54, 1.807) is 25.1 Å². The number of hydrogen-bond donors (Lipinski definition) is 2. The average molecular weight is 315 g/mol. The molecule has 20 heavy (non-hydrogen) atoms. The molecule has 2 N–H and O–H groups in total. The van der Waals surface area contributed by atoms with Crippen LogP contribution in [0.3, 0.4) is 0 Å². The third kappa shape index (κ3) is 3.09. The zero-order valence-corrected chi connectivity index (χ0v) is 12.7. The minimum absolute atomic E-state index is 0.0567. The van der Waals surface area contributed by atoms with Crippen LogP contribution in [0.1, 0.15) is 12.6 Å². The average Bonchev–Trinajstić information content (AvgIpc) is 2.35. The number of rotatable bonds is 4. The molecule has 0 spiro atoms. The second-order valence-corrected chi connectivity index (χ2v) is 6.74. The Bertz CT molecular complexity index is 745. The SMILES string of the molecule is Cc1cc(Cl)c2cccc(S(=O)(=O)NC[C@@H](C)O)c2n1. The topological polar surface area (TPSA) is 79.3 Å². The zero-order chi connectivity index (χ0) is 14.9. The van der Waals surface area contributed by atoms with Crippen molar-refractivity contribution >= 4 is 32.5 Å². The van der Waals surface area contributed by atoms with Crippen molar-refractivity contribution in [3.05, 3.63) is 35.0 Å². The number of hydrogen-bond acceptors (Lipinski definition) is 4. The normalized spacial score (nSPS) is 13.6. The molecule has 0 fully saturated rings. The van der Waals surface area contributed by atoms with Gasteiger partial charge in [-0.2, -0.15) is 0 Å². The molecule has 0 radical (unpaired) electrons. The van der Waals surface area contributed by atoms with Crippen LogP contribution in [0.4, 0.5) is 0 Å². The van der Waals surface area contributed by atoms with Gasteiger partial charge in [0, 0.05) is 17.6 Å². The Labute approximate surface area is 122 Å². The second kappa shape index (κ2) is 5.65. The smallest absolute Gasteiger partial charge is 0.242 e. The molecule has 5 nitrogen and oxygen atoms in total. The highest BCUT2D eigenvalue weighted by molar-refractivity contribution is 7.89. The summed E-state index contributed by atoms with van der Waals surface area (Å²) >= 11 is 6.12. The lowest BCUT2D eigenvalue weighted by Gasteiger charge is -2.11. The number of aliphatic hydroxyl groups excluding tert-OH is 1. The number of nitrogens with zero attached hydrogens (tertiary/aromatic N) is 1. The first-order valence-electron chi connectivity index (χ1n) is 6.05. The first-order chi connectivity index (χ1) is 9.31. The lowest BCUT2D eigenvalue weighted by Crippen LogP contribution is -2.30. The Balaban J connectivity index is 2.60. The molecule has 1 aromatic heterocycles. The highest BCUT2D eigenvalue weighted by atomic mass is 35.5. The van der Waals surface area contributed by atoms with Crippen molar-refractivity contribution in [1.82, 2.24) is 9.71 Å². The van der Waals surface area contributed by atoms with Crippen LogP contribution >= 0.6 is 11.6 Å². The van der Waals surface area contributed by atoms with E-state index in [1.807, 2.05) is 0 Å². The number of aliphatic hydroxyl groups is 1. The Morgan fingerprint density at radius 1 is 1.45 bits per heavy atom. The van der Waals surface area contributed by atoms with Crippen molar-refractivity contribution in [2.45, 2.75) is 24.8 Å². The summed E-state index contributed by atoms with van der Waals surface area (Å²) in [6.45, 7) is 3.20. The number of aryl methyl sites for hydroxylation is 1. The third-order valence-electron chi connectivity index (χ3n) is 2.74. The van der Waals surface area contributed by atoms with Gasteiger partial charge in [-0.05, 0) is 26.0 Å². The van der Waals surface area contributed by atoms with Gasteiger partial charge in [-0.25, -0.2) is 13.1 Å². The van der Waals surface area contributed by atoms with Gasteiger partial charge in [0.2, 0.25) is 10.0 Å². The minimum atomic E-state index is -3.75. The Morgan fingerprint density at radius 3 is 2.80 bits per heavy atom. The molecule has 1 atom stereocenters. The van der Waals surface area contributed by atoms with Gasteiger partial charge in [0.25, 0.3) is 0 Å². The van der Waals surface area contributed by atoms with Crippen molar-refractivity contribution in [3.63, 3.8) is 0 Å². The quantitative estimate of drug-likeness (QED) is 0.902. The molecule has 1 aromatic carbocycles. The standard InChI is InChI=1S/C13H15ClN2O3S/c1-8-6-11(14)10-4-3-5-12(13(10)16-8)20(18,19)15-7-9(2)17/h3-6,9,15,17H,7H2,1-2H3/t9-/m1/s1. The molecule has 0 bridgehead atoms. The van der Waals surface area contributed by atoms with Crippen molar-refractivity contribution in [1.29, 1.82) is 0 Å². The number of nitrogens with one attached hydrogen (secondary N) is 1. The highest BCUT2D eigenvalue weighted by Crippen LogP contribution is 2.27. The van der Waals surface area contributed by atoms with E-state index >= 15 is 0 Å². The molecular formula is C13H15ClN2O3S. The largest absolute Gasteiger partial charge is 0.392 e. The molecule has 0 unspecified atom stereocenters. The number of para-hydroxylation sites is 1. The molecular weight excluding hydrogens is 300 g/mol. The molecule has 0 saturated carbocycles. The van der Waals surface area contributed by atoms with Crippen LogP contribution in [0.25, 0.3) is 10.9 Å². The fraction of sp³-hybridized carbons (Fsp3) is 0.308. The third-order valence-corrected chi connectivity index (χ3v) is 4.51. The predicted octanol–water partition coefficient (Wildman–Crippen LogP) is 1.86. The lowest BCUT2D eigenvalue weighted by atomic mass is 10.2. The molecule has 2 rings (SSSR count). The molecule has 2 aromatic rings. The van der Waals surface area contributed by atoms with Gasteiger partial charge in [-0.1, -0.05) is 23.7 Å². The Hall–Kier alpha value is -1.21. The Morgan fingerprint density at radius 2 is 2.15 bits per heavy atom. The summed E-state index contributed by atoms with van der Waals surface area (Å²) in [5.41, 5.74) is 0.969. The van der Waals surface area contributed by atoms with E-state index in [0.717, 1.165) is 0 Å². The maximum atomic E-state index is 12.3. The van der Waals surface area contributed by atoms with E-state index < -0.39 is 16.1 Å². The van der Waals surface area contributed by atoms with Crippen LogP contribution in [0.15, 0.2) is 29.2 Å². The van der Waals surface area contributed by atoms with E-state index in [-0.39, 0.29) is 11.4 Å². The minimum Gasteiger partial charge on any atom is -0.392 e. The molecule has 0 aliphatic rings. The first kappa shape index (κ1) is 15.2. The molecule has 0 aliphatic carbocycles. The highest BCUT2D eigenvalue weighted by Gasteiger charge is 2.19. The van der Waals surface area contributed by atoms with Crippen LogP contribution in [-0.2, 0) is 10.0 Å². The lowest BCUT2D eigenvalue weighted by molar-refractivity contribution is 0.198. The molecule has 1 heterocycles. The Kier molecular flexibility index (Phi) is 4.29. The number of aromatic nitrogens is 1. The summed E-state index contributed by atoms with van der Waals surface area (Å²) < 4.78 is 26.9. The summed E-state index contributed by atoms with van der Waals surface area (Å²) in [7, 11) is -3.75. The van der Waals surface area contributed by atoms with E-state index in [0.29, 0.717) is 21.6 Å². The van der Waals surface area contributed by atoms with Crippen LogP contribution in [0, 0.1) is 6.92 Å². The van der Waals surface area contributed by atoms with Gasteiger partial charge in [-0.15, -0.1) is 0 Å². The summed E-state index contributed by atoms with van der Waals surface area (Å²) in [5, 5.41) is 10.2. The molecule has 0 aliphatic heterocycles. The summed E-state index contributed by atoms with van der Waals surface area (Å²) in [5.74, 6) is 0. The van der Waals surface area contributed by atoms with Gasteiger partial charge >= 0.3 is 0 Å². The summed E-state index contributed by atoms with van der Waals surface area (Å²) in [6, 6.07) is 6.49. The van der Waals surface area contributed by atoms with E-state index in [2.05, 4.69) is 9.71 Å². The fourth-order valence-corrected chi connectivity index (χ4v) is 3.42. The zero-order valence-electron chi connectivity index (χ0n) is 11.1. The van der Waals surface area contributed by atoms with Gasteiger partial charge in [-0.3, -0.25) is 4.98 Å². The summed E-state index contributed by atoms with van der Waals surface area (Å²) in [4.78, 5) is 4.32. The van der Waals surface area contributed by atoms with Crippen molar-refractivity contribution in [2.75, 3.05) is 6.54 Å². The summed E-state index contributed by atoms with van der Waals surface area (Å²) in [6.07, 6.45) is -0.766. The van der Waals surface area contributed by atoms with Crippen molar-refractivity contribution in [2.24, 2.45) is 0 Å². The van der Waals surface area contributed by atoms with Crippen LogP contribution < -0.4 is 4.72 Å². The van der Waals surface area contributed by atoms with Gasteiger partial charge in [0.1, 0.15) is 4.90 Å².